The van der Waals surface area contributed by atoms with Crippen molar-refractivity contribution in [2.75, 3.05) is 18.2 Å². The first kappa shape index (κ1) is 54.1. The molecule has 7 aromatic carbocycles. The van der Waals surface area contributed by atoms with Crippen molar-refractivity contribution < 1.29 is 33.3 Å². The number of ether oxygens (including phenoxy) is 2. The van der Waals surface area contributed by atoms with Crippen LogP contribution in [0, 0.1) is 0 Å². The zero-order valence-electron chi connectivity index (χ0n) is 44.9. The first-order valence-corrected chi connectivity index (χ1v) is 29.7. The first-order valence-electron chi connectivity index (χ1n) is 26.8. The molecular weight excluding hydrogens is 1090 g/mol. The van der Waals surface area contributed by atoms with E-state index in [0.29, 0.717) is 28.8 Å². The molecule has 1 fully saturated rings. The number of thiazole rings is 2. The number of methoxy groups -OCH3 is 1. The Labute approximate surface area is 492 Å². The third-order valence-electron chi connectivity index (χ3n) is 14.7. The van der Waals surface area contributed by atoms with Crippen LogP contribution in [-0.4, -0.2) is 62.6 Å². The highest BCUT2D eigenvalue weighted by atomic mass is 32.2. The zero-order chi connectivity index (χ0) is 56.6. The predicted octanol–water partition coefficient (Wildman–Crippen LogP) is 11.8. The topological polar surface area (TPSA) is 148 Å². The second kappa shape index (κ2) is 24.3. The minimum atomic E-state index is -1.38. The molecule has 2 atom stereocenters. The fourth-order valence-corrected chi connectivity index (χ4v) is 13.3. The molecule has 0 unspecified atom stereocenters. The van der Waals surface area contributed by atoms with Crippen LogP contribution < -0.4 is 19.9 Å². The molecule has 410 valence electrons. The van der Waals surface area contributed by atoms with Crippen LogP contribution in [0.5, 0.6) is 5.75 Å². The molecule has 2 N–H and O–H groups in total. The second-order valence-corrected chi connectivity index (χ2v) is 22.4. The normalized spacial score (nSPS) is 15.2. The molecule has 0 aliphatic carbocycles. The Morgan fingerprint density at radius 2 is 1.22 bits per heavy atom. The summed E-state index contributed by atoms with van der Waals surface area (Å²) in [5.41, 5.74) is 8.03. The fourth-order valence-electron chi connectivity index (χ4n) is 10.6. The number of thioether (sulfide) groups is 1. The Morgan fingerprint density at radius 1 is 0.687 bits per heavy atom. The van der Waals surface area contributed by atoms with E-state index in [0.717, 1.165) is 50.2 Å². The number of fused-ring (bicyclic) bond motifs is 1. The second-order valence-electron chi connectivity index (χ2n) is 19.7. The van der Waals surface area contributed by atoms with E-state index in [4.69, 9.17) is 24.5 Å². The van der Waals surface area contributed by atoms with Crippen LogP contribution in [0.15, 0.2) is 263 Å². The van der Waals surface area contributed by atoms with Crippen LogP contribution in [0.25, 0.3) is 11.3 Å². The van der Waals surface area contributed by atoms with Crippen molar-refractivity contribution >= 4 is 63.1 Å². The Kier molecular flexibility index (Phi) is 15.9. The number of nitrogens with one attached hydrogen (secondary N) is 2. The number of oxime groups is 1. The Hall–Kier alpha value is -9.48. The Bertz CT molecular complexity index is 3720. The summed E-state index contributed by atoms with van der Waals surface area (Å²) in [6.45, 7) is 0.254. The average molecular weight is 1150 g/mol. The van der Waals surface area contributed by atoms with Crippen molar-refractivity contribution in [3.8, 4) is 17.0 Å². The van der Waals surface area contributed by atoms with Crippen LogP contribution in [0.4, 0.5) is 5.13 Å². The van der Waals surface area contributed by atoms with Crippen molar-refractivity contribution in [2.24, 2.45) is 5.16 Å². The zero-order valence-corrected chi connectivity index (χ0v) is 47.3. The van der Waals surface area contributed by atoms with Gasteiger partial charge < -0.3 is 24.9 Å². The summed E-state index contributed by atoms with van der Waals surface area (Å²) in [5, 5.41) is 15.4. The molecule has 3 aromatic heterocycles. The minimum Gasteiger partial charge on any atom is -0.497 e. The van der Waals surface area contributed by atoms with Gasteiger partial charge in [0, 0.05) is 56.5 Å². The van der Waals surface area contributed by atoms with E-state index in [1.807, 2.05) is 192 Å². The summed E-state index contributed by atoms with van der Waals surface area (Å²) in [4.78, 5) is 63.0. The van der Waals surface area contributed by atoms with Crippen LogP contribution in [-0.2, 0) is 48.2 Å². The number of amides is 2. The standard InChI is InChI=1S/C67H53N7O6S3/c1-78-55-34-32-46(33-35-55)41-79-64(77)60-48(40-73-38-36-47(37-39-73)56-43-81-45-68-56)42-82-63-59(62(76)74(60)63)70-61(75)58(72-80-67(52-26-14-5-15-27-52,53-28-16-6-17-29-53)54-30-18-7-19-31-54)57-44-83-65(69-57)71-66(49-20-8-2-9-21-49,50-22-10-3-11-23-50)51-24-12-4-13-25-51/h2-39,43-45,59,63H,40-42H2,1H3,(H-,69,70,71,75)/p+1/t59-,63+/m1/s1. The number of hydrogen-bond donors (Lipinski definition) is 2. The lowest BCUT2D eigenvalue weighted by atomic mass is 9.77. The van der Waals surface area contributed by atoms with Gasteiger partial charge in [-0.15, -0.1) is 34.4 Å². The van der Waals surface area contributed by atoms with Crippen LogP contribution in [0.1, 0.15) is 44.6 Å². The molecule has 0 radical (unpaired) electrons. The van der Waals surface area contributed by atoms with E-state index >= 15 is 4.79 Å². The van der Waals surface area contributed by atoms with Crippen molar-refractivity contribution in [3.63, 3.8) is 0 Å². The van der Waals surface area contributed by atoms with Gasteiger partial charge in [-0.25, -0.2) is 19.3 Å². The van der Waals surface area contributed by atoms with Crippen molar-refractivity contribution in [2.45, 2.75) is 35.7 Å². The van der Waals surface area contributed by atoms with E-state index < -0.39 is 40.3 Å². The monoisotopic (exact) mass is 1150 g/mol. The lowest BCUT2D eigenvalue weighted by Crippen LogP contribution is -2.71. The smallest absolute Gasteiger partial charge is 0.355 e. The maximum absolute atomic E-state index is 15.5. The quantitative estimate of drug-likeness (QED) is 0.0189. The average Bonchev–Trinajstić information content (AvgIpc) is 3.36. The van der Waals surface area contributed by atoms with Gasteiger partial charge in [-0.1, -0.05) is 199 Å². The number of rotatable bonds is 20. The number of hydrogen-bond acceptors (Lipinski definition) is 13. The summed E-state index contributed by atoms with van der Waals surface area (Å²) >= 11 is 4.28. The summed E-state index contributed by atoms with van der Waals surface area (Å²) in [6, 6.07) is 69.8. The van der Waals surface area contributed by atoms with E-state index in [-0.39, 0.29) is 23.7 Å². The van der Waals surface area contributed by atoms with Gasteiger partial charge in [0.15, 0.2) is 29.8 Å². The molecule has 0 spiro atoms. The van der Waals surface area contributed by atoms with Gasteiger partial charge in [0.25, 0.3) is 11.8 Å². The molecule has 5 heterocycles. The largest absolute Gasteiger partial charge is 0.497 e. The van der Waals surface area contributed by atoms with Gasteiger partial charge >= 0.3 is 5.97 Å². The first-order chi connectivity index (χ1) is 40.8. The highest BCUT2D eigenvalue weighted by Crippen LogP contribution is 2.44. The third kappa shape index (κ3) is 10.9. The molecule has 2 aliphatic heterocycles. The number of esters is 1. The Balaban J connectivity index is 0.918. The van der Waals surface area contributed by atoms with Crippen LogP contribution in [0.3, 0.4) is 0 Å². The number of aromatic nitrogens is 3. The summed E-state index contributed by atoms with van der Waals surface area (Å²) < 4.78 is 13.3. The van der Waals surface area contributed by atoms with Gasteiger partial charge in [-0.05, 0) is 34.4 Å². The molecule has 2 amide bonds. The maximum atomic E-state index is 15.5. The molecule has 1 saturated heterocycles. The van der Waals surface area contributed by atoms with Crippen molar-refractivity contribution in [3.05, 3.63) is 303 Å². The van der Waals surface area contributed by atoms with Gasteiger partial charge in [0.2, 0.25) is 5.60 Å². The van der Waals surface area contributed by atoms with E-state index in [1.165, 1.54) is 39.3 Å². The number of β-lactam (4-membered cyclic amide) rings is 1. The highest BCUT2D eigenvalue weighted by Gasteiger charge is 2.55. The fraction of sp³-hybridized carbons (Fsp3) is 0.119. The molecular formula is C67H54N7O6S3+. The summed E-state index contributed by atoms with van der Waals surface area (Å²) in [5.74, 6) is -0.828. The Morgan fingerprint density at radius 3 is 1.72 bits per heavy atom. The maximum Gasteiger partial charge on any atom is 0.355 e. The molecule has 83 heavy (non-hydrogen) atoms. The van der Waals surface area contributed by atoms with Crippen LogP contribution in [0.2, 0.25) is 0 Å². The molecule has 10 aromatic rings. The number of nitrogens with zero attached hydrogens (tertiary/aromatic N) is 5. The molecule has 2 aliphatic rings. The van der Waals surface area contributed by atoms with Crippen molar-refractivity contribution in [1.29, 1.82) is 0 Å². The predicted molar refractivity (Wildman–Crippen MR) is 324 cm³/mol. The number of benzene rings is 7. The van der Waals surface area contributed by atoms with Crippen LogP contribution >= 0.6 is 34.4 Å². The van der Waals surface area contributed by atoms with E-state index in [2.05, 4.69) is 52.0 Å². The summed E-state index contributed by atoms with van der Waals surface area (Å²) in [7, 11) is 1.59. The molecule has 13 nitrogen and oxygen atoms in total. The lowest BCUT2D eigenvalue weighted by molar-refractivity contribution is -0.689. The van der Waals surface area contributed by atoms with Gasteiger partial charge in [-0.3, -0.25) is 14.5 Å². The number of carbonyl (C=O) groups excluding carboxylic acids is 3. The third-order valence-corrected chi connectivity index (χ3v) is 17.4. The molecule has 12 rings (SSSR count). The van der Waals surface area contributed by atoms with E-state index in [1.54, 1.807) is 30.1 Å². The SMILES string of the molecule is COc1ccc(COC(=O)C2=C(C[n+]3ccc(-c4cscn4)cc3)CS[C@H]3[C@H](NC(=O)C(=NOC(c4ccccc4)(c4ccccc4)c4ccccc4)c4csc(NC(c5ccccc5)(c5ccccc5)c5ccccc5)n4)C(=O)N23)cc1. The van der Waals surface area contributed by atoms with Gasteiger partial charge in [0.1, 0.15) is 40.7 Å². The molecule has 0 saturated carbocycles. The van der Waals surface area contributed by atoms with Crippen molar-refractivity contribution in [1.82, 2.24) is 20.2 Å². The lowest BCUT2D eigenvalue weighted by Gasteiger charge is -2.49. The molecule has 16 heteroatoms. The number of anilines is 1. The summed E-state index contributed by atoms with van der Waals surface area (Å²) in [6.07, 6.45) is 3.85. The minimum absolute atomic E-state index is 0.0427. The highest BCUT2D eigenvalue weighted by molar-refractivity contribution is 8.00. The van der Waals surface area contributed by atoms with Gasteiger partial charge in [-0.2, -0.15) is 0 Å². The van der Waals surface area contributed by atoms with Gasteiger partial charge in [0.05, 0.1) is 18.3 Å². The number of pyridine rings is 1. The molecule has 0 bridgehead atoms. The number of carbonyl (C=O) groups is 3. The van der Waals surface area contributed by atoms with E-state index in [9.17, 15) is 9.59 Å².